The Labute approximate surface area is 200 Å². The van der Waals surface area contributed by atoms with Gasteiger partial charge in [0, 0.05) is 37.1 Å². The molecule has 4 aromatic rings. The quantitative estimate of drug-likeness (QED) is 0.430. The van der Waals surface area contributed by atoms with Crippen LogP contribution >= 0.6 is 11.3 Å². The standard InChI is InChI=1S/C24H23N5O4S/c1-31-19-6-5-18(29-10-12-32-13-11-29)22-21(19)27-24(34-22)28-23(30)16-7-9-26-20(14-16)33-15-17-4-2-3-8-25-17/h2-9,14H,10-13,15H2,1H3,(H,27,28,30). The number of carbonyl (C=O) groups excluding carboxylic acids is 1. The first-order valence-corrected chi connectivity index (χ1v) is 11.6. The van der Waals surface area contributed by atoms with E-state index in [1.807, 2.05) is 30.3 Å². The van der Waals surface area contributed by atoms with Crippen LogP contribution in [0.25, 0.3) is 10.2 Å². The van der Waals surface area contributed by atoms with Gasteiger partial charge in [-0.15, -0.1) is 0 Å². The number of fused-ring (bicyclic) bond motifs is 1. The summed E-state index contributed by atoms with van der Waals surface area (Å²) in [7, 11) is 1.62. The highest BCUT2D eigenvalue weighted by molar-refractivity contribution is 7.23. The summed E-state index contributed by atoms with van der Waals surface area (Å²) in [4.78, 5) is 28.3. The fourth-order valence-corrected chi connectivity index (χ4v) is 4.69. The Morgan fingerprint density at radius 1 is 1.15 bits per heavy atom. The number of rotatable bonds is 7. The smallest absolute Gasteiger partial charge is 0.257 e. The number of carbonyl (C=O) groups is 1. The van der Waals surface area contributed by atoms with E-state index in [9.17, 15) is 4.79 Å². The fraction of sp³-hybridized carbons (Fsp3) is 0.250. The Hall–Kier alpha value is -3.76. The third kappa shape index (κ3) is 4.78. The molecular weight excluding hydrogens is 454 g/mol. The Kier molecular flexibility index (Phi) is 6.50. The second-order valence-electron chi connectivity index (χ2n) is 7.53. The molecule has 3 aromatic heterocycles. The number of methoxy groups -OCH3 is 1. The van der Waals surface area contributed by atoms with Crippen LogP contribution in [0, 0.1) is 0 Å². The van der Waals surface area contributed by atoms with Gasteiger partial charge in [0.15, 0.2) is 5.13 Å². The van der Waals surface area contributed by atoms with Crippen molar-refractivity contribution >= 4 is 38.3 Å². The molecule has 5 rings (SSSR count). The average Bonchev–Trinajstić information content (AvgIpc) is 3.31. The van der Waals surface area contributed by atoms with E-state index in [4.69, 9.17) is 14.2 Å². The van der Waals surface area contributed by atoms with E-state index in [1.165, 1.54) is 11.3 Å². The molecule has 1 fully saturated rings. The molecule has 1 N–H and O–H groups in total. The lowest BCUT2D eigenvalue weighted by Crippen LogP contribution is -2.36. The fourth-order valence-electron chi connectivity index (χ4n) is 3.67. The zero-order valence-electron chi connectivity index (χ0n) is 18.6. The molecule has 0 aliphatic carbocycles. The summed E-state index contributed by atoms with van der Waals surface area (Å²) in [6.45, 7) is 3.24. The molecule has 1 aliphatic rings. The second-order valence-corrected chi connectivity index (χ2v) is 8.53. The Morgan fingerprint density at radius 3 is 2.82 bits per heavy atom. The molecule has 0 atom stereocenters. The molecule has 1 aromatic carbocycles. The lowest BCUT2D eigenvalue weighted by atomic mass is 10.2. The van der Waals surface area contributed by atoms with E-state index in [0.717, 1.165) is 34.7 Å². The number of pyridine rings is 2. The van der Waals surface area contributed by atoms with Crippen molar-refractivity contribution in [2.24, 2.45) is 0 Å². The topological polar surface area (TPSA) is 98.7 Å². The van der Waals surface area contributed by atoms with Crippen LogP contribution in [0.5, 0.6) is 11.6 Å². The van der Waals surface area contributed by atoms with Crippen LogP contribution in [0.4, 0.5) is 10.8 Å². The Balaban J connectivity index is 1.35. The number of benzene rings is 1. The molecular formula is C24H23N5O4S. The largest absolute Gasteiger partial charge is 0.494 e. The highest BCUT2D eigenvalue weighted by Crippen LogP contribution is 2.39. The van der Waals surface area contributed by atoms with Crippen molar-refractivity contribution in [2.75, 3.05) is 43.6 Å². The number of ether oxygens (including phenoxy) is 3. The summed E-state index contributed by atoms with van der Waals surface area (Å²) in [6, 6.07) is 12.8. The first-order valence-electron chi connectivity index (χ1n) is 10.8. The van der Waals surface area contributed by atoms with Crippen LogP contribution < -0.4 is 19.7 Å². The van der Waals surface area contributed by atoms with Crippen molar-refractivity contribution in [1.82, 2.24) is 15.0 Å². The molecule has 1 amide bonds. The lowest BCUT2D eigenvalue weighted by Gasteiger charge is -2.29. The Bertz CT molecular complexity index is 1290. The molecule has 0 spiro atoms. The van der Waals surface area contributed by atoms with Gasteiger partial charge in [0.05, 0.1) is 36.4 Å². The summed E-state index contributed by atoms with van der Waals surface area (Å²) < 4.78 is 17.7. The van der Waals surface area contributed by atoms with Crippen LogP contribution in [0.2, 0.25) is 0 Å². The van der Waals surface area contributed by atoms with Gasteiger partial charge in [0.25, 0.3) is 5.91 Å². The molecule has 0 bridgehead atoms. The van der Waals surface area contributed by atoms with Crippen LogP contribution in [-0.2, 0) is 11.3 Å². The van der Waals surface area contributed by atoms with Crippen LogP contribution in [-0.4, -0.2) is 54.3 Å². The number of hydrogen-bond acceptors (Lipinski definition) is 9. The van der Waals surface area contributed by atoms with Crippen LogP contribution in [0.15, 0.2) is 54.9 Å². The van der Waals surface area contributed by atoms with Crippen LogP contribution in [0.1, 0.15) is 16.1 Å². The van der Waals surface area contributed by atoms with Crippen molar-refractivity contribution in [1.29, 1.82) is 0 Å². The highest BCUT2D eigenvalue weighted by Gasteiger charge is 2.20. The van der Waals surface area contributed by atoms with Crippen molar-refractivity contribution in [3.05, 3.63) is 66.1 Å². The van der Waals surface area contributed by atoms with Gasteiger partial charge in [-0.05, 0) is 30.3 Å². The molecule has 9 nitrogen and oxygen atoms in total. The van der Waals surface area contributed by atoms with Gasteiger partial charge in [-0.3, -0.25) is 15.1 Å². The van der Waals surface area contributed by atoms with Gasteiger partial charge in [-0.25, -0.2) is 9.97 Å². The summed E-state index contributed by atoms with van der Waals surface area (Å²) >= 11 is 1.42. The van der Waals surface area contributed by atoms with Gasteiger partial charge in [0.2, 0.25) is 5.88 Å². The van der Waals surface area contributed by atoms with Gasteiger partial charge in [-0.2, -0.15) is 0 Å². The minimum Gasteiger partial charge on any atom is -0.494 e. The number of anilines is 2. The van der Waals surface area contributed by atoms with E-state index in [2.05, 4.69) is 25.2 Å². The summed E-state index contributed by atoms with van der Waals surface area (Å²) in [5.74, 6) is 0.716. The summed E-state index contributed by atoms with van der Waals surface area (Å²) in [6.07, 6.45) is 3.24. The highest BCUT2D eigenvalue weighted by atomic mass is 32.1. The SMILES string of the molecule is COc1ccc(N2CCOCC2)c2sc(NC(=O)c3ccnc(OCc4ccccn4)c3)nc12. The molecule has 1 saturated heterocycles. The predicted molar refractivity (Wildman–Crippen MR) is 130 cm³/mol. The van der Waals surface area contributed by atoms with E-state index >= 15 is 0 Å². The minimum atomic E-state index is -0.295. The van der Waals surface area contributed by atoms with Gasteiger partial charge >= 0.3 is 0 Å². The number of aromatic nitrogens is 3. The molecule has 174 valence electrons. The van der Waals surface area contributed by atoms with Crippen molar-refractivity contribution in [2.45, 2.75) is 6.61 Å². The van der Waals surface area contributed by atoms with E-state index in [1.54, 1.807) is 31.6 Å². The monoisotopic (exact) mass is 477 g/mol. The van der Waals surface area contributed by atoms with E-state index in [0.29, 0.717) is 35.5 Å². The first kappa shape index (κ1) is 22.1. The molecule has 10 heteroatoms. The number of thiazole rings is 1. The number of amides is 1. The number of hydrogen-bond donors (Lipinski definition) is 1. The maximum absolute atomic E-state index is 13.0. The van der Waals surface area contributed by atoms with E-state index < -0.39 is 0 Å². The summed E-state index contributed by atoms with van der Waals surface area (Å²) in [5.41, 5.74) is 2.98. The molecule has 34 heavy (non-hydrogen) atoms. The van der Waals surface area contributed by atoms with Crippen molar-refractivity contribution in [3.63, 3.8) is 0 Å². The van der Waals surface area contributed by atoms with Crippen molar-refractivity contribution < 1.29 is 19.0 Å². The molecule has 0 unspecified atom stereocenters. The van der Waals surface area contributed by atoms with E-state index in [-0.39, 0.29) is 12.5 Å². The van der Waals surface area contributed by atoms with Crippen molar-refractivity contribution in [3.8, 4) is 11.6 Å². The molecule has 4 heterocycles. The minimum absolute atomic E-state index is 0.265. The van der Waals surface area contributed by atoms with Gasteiger partial charge in [-0.1, -0.05) is 17.4 Å². The number of morpholine rings is 1. The first-order chi connectivity index (χ1) is 16.7. The normalized spacial score (nSPS) is 13.6. The zero-order valence-corrected chi connectivity index (χ0v) is 19.4. The maximum Gasteiger partial charge on any atom is 0.257 e. The van der Waals surface area contributed by atoms with Crippen LogP contribution in [0.3, 0.4) is 0 Å². The number of nitrogens with zero attached hydrogens (tertiary/aromatic N) is 4. The molecule has 0 radical (unpaired) electrons. The van der Waals surface area contributed by atoms with Gasteiger partial charge < -0.3 is 19.1 Å². The van der Waals surface area contributed by atoms with Gasteiger partial charge in [0.1, 0.15) is 17.9 Å². The Morgan fingerprint density at radius 2 is 2.03 bits per heavy atom. The second kappa shape index (κ2) is 10.0. The lowest BCUT2D eigenvalue weighted by molar-refractivity contribution is 0.102. The zero-order chi connectivity index (χ0) is 23.3. The maximum atomic E-state index is 13.0. The molecule has 1 aliphatic heterocycles. The number of nitrogens with one attached hydrogen (secondary N) is 1. The predicted octanol–water partition coefficient (Wildman–Crippen LogP) is 3.76. The average molecular weight is 478 g/mol. The third-order valence-corrected chi connectivity index (χ3v) is 6.36. The molecule has 0 saturated carbocycles. The third-order valence-electron chi connectivity index (χ3n) is 5.37. The summed E-state index contributed by atoms with van der Waals surface area (Å²) in [5, 5.41) is 3.40.